The lowest BCUT2D eigenvalue weighted by molar-refractivity contribution is 0.573. The van der Waals surface area contributed by atoms with Crippen LogP contribution in [0, 0.1) is 5.82 Å². The fourth-order valence-electron chi connectivity index (χ4n) is 1.78. The summed E-state index contributed by atoms with van der Waals surface area (Å²) in [6, 6.07) is 4.51. The Balaban J connectivity index is 1.89. The van der Waals surface area contributed by atoms with E-state index in [0.29, 0.717) is 5.02 Å². The number of halogens is 2. The van der Waals surface area contributed by atoms with Crippen molar-refractivity contribution in [3.05, 3.63) is 34.6 Å². The highest BCUT2D eigenvalue weighted by Crippen LogP contribution is 2.37. The van der Waals surface area contributed by atoms with E-state index in [1.54, 1.807) is 6.07 Å². The van der Waals surface area contributed by atoms with E-state index >= 15 is 0 Å². The molecule has 1 aromatic carbocycles. The Morgan fingerprint density at radius 2 is 2.13 bits per heavy atom. The Kier molecular flexibility index (Phi) is 2.98. The summed E-state index contributed by atoms with van der Waals surface area (Å²) in [6.45, 7) is 0. The molecule has 3 heteroatoms. The molecule has 82 valence electrons. The van der Waals surface area contributed by atoms with Crippen molar-refractivity contribution in [2.75, 3.05) is 0 Å². The molecule has 0 bridgehead atoms. The zero-order chi connectivity index (χ0) is 10.9. The van der Waals surface area contributed by atoms with E-state index in [1.165, 1.54) is 12.1 Å². The van der Waals surface area contributed by atoms with Gasteiger partial charge in [0.1, 0.15) is 5.82 Å². The van der Waals surface area contributed by atoms with Gasteiger partial charge in [-0.15, -0.1) is 0 Å². The topological polar surface area (TPSA) is 26.0 Å². The highest BCUT2D eigenvalue weighted by Gasteiger charge is 2.36. The Morgan fingerprint density at radius 1 is 1.40 bits per heavy atom. The van der Waals surface area contributed by atoms with Gasteiger partial charge in [0.2, 0.25) is 0 Å². The van der Waals surface area contributed by atoms with Crippen LogP contribution in [-0.2, 0) is 6.42 Å². The SMILES string of the molecule is NC1(CCCc2cc(F)ccc2Cl)CC1. The van der Waals surface area contributed by atoms with Crippen LogP contribution in [0.2, 0.25) is 5.02 Å². The monoisotopic (exact) mass is 227 g/mol. The lowest BCUT2D eigenvalue weighted by Crippen LogP contribution is -2.21. The first-order valence-electron chi connectivity index (χ1n) is 5.32. The van der Waals surface area contributed by atoms with Gasteiger partial charge >= 0.3 is 0 Å². The van der Waals surface area contributed by atoms with Gasteiger partial charge in [0.25, 0.3) is 0 Å². The molecule has 0 heterocycles. The van der Waals surface area contributed by atoms with Gasteiger partial charge in [0, 0.05) is 10.6 Å². The van der Waals surface area contributed by atoms with Crippen LogP contribution in [0.1, 0.15) is 31.2 Å². The molecule has 1 aromatic rings. The molecular formula is C12H15ClFN. The first kappa shape index (κ1) is 10.9. The Morgan fingerprint density at radius 3 is 2.80 bits per heavy atom. The van der Waals surface area contributed by atoms with Crippen LogP contribution < -0.4 is 5.73 Å². The van der Waals surface area contributed by atoms with Gasteiger partial charge in [-0.3, -0.25) is 0 Å². The maximum Gasteiger partial charge on any atom is 0.123 e. The number of hydrogen-bond donors (Lipinski definition) is 1. The Bertz CT molecular complexity index is 361. The van der Waals surface area contributed by atoms with Crippen LogP contribution in [0.4, 0.5) is 4.39 Å². The molecule has 2 rings (SSSR count). The second-order valence-corrected chi connectivity index (χ2v) is 4.86. The molecule has 15 heavy (non-hydrogen) atoms. The molecule has 1 aliphatic rings. The predicted octanol–water partition coefficient (Wildman–Crippen LogP) is 3.29. The Hall–Kier alpha value is -0.600. The number of benzene rings is 1. The van der Waals surface area contributed by atoms with Crippen molar-refractivity contribution in [2.45, 2.75) is 37.6 Å². The molecule has 1 fully saturated rings. The zero-order valence-electron chi connectivity index (χ0n) is 8.60. The van der Waals surface area contributed by atoms with Crippen LogP contribution in [0.3, 0.4) is 0 Å². The van der Waals surface area contributed by atoms with Crippen LogP contribution >= 0.6 is 11.6 Å². The minimum absolute atomic E-state index is 0.0831. The average molecular weight is 228 g/mol. The minimum atomic E-state index is -0.219. The van der Waals surface area contributed by atoms with Gasteiger partial charge in [-0.1, -0.05) is 11.6 Å². The summed E-state index contributed by atoms with van der Waals surface area (Å²) in [6.07, 6.45) is 5.07. The van der Waals surface area contributed by atoms with Crippen LogP contribution in [0.25, 0.3) is 0 Å². The predicted molar refractivity (Wildman–Crippen MR) is 60.5 cm³/mol. The van der Waals surface area contributed by atoms with Crippen LogP contribution in [0.5, 0.6) is 0 Å². The molecule has 1 saturated carbocycles. The Labute approximate surface area is 94.4 Å². The third-order valence-corrected chi connectivity index (χ3v) is 3.39. The minimum Gasteiger partial charge on any atom is -0.325 e. The van der Waals surface area contributed by atoms with Crippen molar-refractivity contribution >= 4 is 11.6 Å². The first-order valence-corrected chi connectivity index (χ1v) is 5.70. The van der Waals surface area contributed by atoms with E-state index in [1.807, 2.05) is 0 Å². The molecule has 0 spiro atoms. The van der Waals surface area contributed by atoms with Gasteiger partial charge < -0.3 is 5.73 Å². The zero-order valence-corrected chi connectivity index (χ0v) is 9.36. The van der Waals surface area contributed by atoms with E-state index in [-0.39, 0.29) is 11.4 Å². The van der Waals surface area contributed by atoms with Crippen LogP contribution in [-0.4, -0.2) is 5.54 Å². The van der Waals surface area contributed by atoms with Crippen molar-refractivity contribution in [3.63, 3.8) is 0 Å². The van der Waals surface area contributed by atoms with Gasteiger partial charge in [0.05, 0.1) is 0 Å². The fraction of sp³-hybridized carbons (Fsp3) is 0.500. The smallest absolute Gasteiger partial charge is 0.123 e. The highest BCUT2D eigenvalue weighted by molar-refractivity contribution is 6.31. The summed E-state index contributed by atoms with van der Waals surface area (Å²) < 4.78 is 12.9. The van der Waals surface area contributed by atoms with E-state index in [0.717, 1.165) is 37.7 Å². The molecule has 0 aromatic heterocycles. The van der Waals surface area contributed by atoms with E-state index in [2.05, 4.69) is 0 Å². The second-order valence-electron chi connectivity index (χ2n) is 4.45. The summed E-state index contributed by atoms with van der Waals surface area (Å²) in [5.74, 6) is -0.219. The summed E-state index contributed by atoms with van der Waals surface area (Å²) in [5, 5.41) is 0.651. The first-order chi connectivity index (χ1) is 7.09. The molecule has 0 aliphatic heterocycles. The lowest BCUT2D eigenvalue weighted by atomic mass is 10.0. The molecule has 1 nitrogen and oxygen atoms in total. The highest BCUT2D eigenvalue weighted by atomic mass is 35.5. The second kappa shape index (κ2) is 4.11. The van der Waals surface area contributed by atoms with E-state index in [9.17, 15) is 4.39 Å². The number of hydrogen-bond acceptors (Lipinski definition) is 1. The number of nitrogens with two attached hydrogens (primary N) is 1. The molecule has 0 amide bonds. The van der Waals surface area contributed by atoms with Crippen molar-refractivity contribution in [3.8, 4) is 0 Å². The molecule has 0 radical (unpaired) electrons. The van der Waals surface area contributed by atoms with E-state index in [4.69, 9.17) is 17.3 Å². The van der Waals surface area contributed by atoms with E-state index < -0.39 is 0 Å². The van der Waals surface area contributed by atoms with Gasteiger partial charge in [-0.25, -0.2) is 4.39 Å². The van der Waals surface area contributed by atoms with Crippen molar-refractivity contribution in [1.82, 2.24) is 0 Å². The van der Waals surface area contributed by atoms with Gasteiger partial charge in [-0.2, -0.15) is 0 Å². The largest absolute Gasteiger partial charge is 0.325 e. The lowest BCUT2D eigenvalue weighted by Gasteiger charge is -2.08. The summed E-state index contributed by atoms with van der Waals surface area (Å²) in [7, 11) is 0. The molecule has 0 unspecified atom stereocenters. The number of rotatable bonds is 4. The third kappa shape index (κ3) is 2.93. The van der Waals surface area contributed by atoms with Crippen molar-refractivity contribution in [2.24, 2.45) is 5.73 Å². The molecule has 0 saturated heterocycles. The molecule has 1 aliphatic carbocycles. The number of aryl methyl sites for hydroxylation is 1. The average Bonchev–Trinajstić information content (AvgIpc) is 2.90. The standard InChI is InChI=1S/C12H15ClFN/c13-11-4-3-10(14)8-9(11)2-1-5-12(15)6-7-12/h3-4,8H,1-2,5-7,15H2. The molecular weight excluding hydrogens is 213 g/mol. The maximum absolute atomic E-state index is 12.9. The summed E-state index contributed by atoms with van der Waals surface area (Å²) in [4.78, 5) is 0. The van der Waals surface area contributed by atoms with Crippen molar-refractivity contribution in [1.29, 1.82) is 0 Å². The van der Waals surface area contributed by atoms with Crippen molar-refractivity contribution < 1.29 is 4.39 Å². The fourth-order valence-corrected chi connectivity index (χ4v) is 1.99. The summed E-state index contributed by atoms with van der Waals surface area (Å²) >= 11 is 5.96. The molecule has 2 N–H and O–H groups in total. The maximum atomic E-state index is 12.9. The quantitative estimate of drug-likeness (QED) is 0.839. The third-order valence-electron chi connectivity index (χ3n) is 3.02. The van der Waals surface area contributed by atoms with Crippen LogP contribution in [0.15, 0.2) is 18.2 Å². The molecule has 0 atom stereocenters. The summed E-state index contributed by atoms with van der Waals surface area (Å²) in [5.41, 5.74) is 6.94. The van der Waals surface area contributed by atoms with Gasteiger partial charge in [0.15, 0.2) is 0 Å². The van der Waals surface area contributed by atoms with Gasteiger partial charge in [-0.05, 0) is 55.9 Å². The normalized spacial score (nSPS) is 17.8.